The number of rotatable bonds is 12. The number of nitrogens with one attached hydrogen (secondary N) is 1. The third kappa shape index (κ3) is 8.12. The molecule has 0 fully saturated rings. The molecule has 196 valence electrons. The number of phenols is 1. The molecular weight excluding hydrogens is 503 g/mol. The number of hydrogen-bond acceptors (Lipinski definition) is 11. The van der Waals surface area contributed by atoms with Gasteiger partial charge in [0.1, 0.15) is 18.4 Å². The van der Waals surface area contributed by atoms with Crippen molar-refractivity contribution in [2.75, 3.05) is 20.8 Å². The van der Waals surface area contributed by atoms with Crippen molar-refractivity contribution in [2.45, 2.75) is 26.0 Å². The van der Waals surface area contributed by atoms with Crippen LogP contribution in [-0.2, 0) is 36.2 Å². The first kappa shape index (κ1) is 28.4. The van der Waals surface area contributed by atoms with E-state index in [1.807, 2.05) is 0 Å². The Bertz CT molecular complexity index is 1140. The number of nitro groups is 1. The van der Waals surface area contributed by atoms with Gasteiger partial charge in [-0.15, -0.1) is 0 Å². The lowest BCUT2D eigenvalue weighted by Gasteiger charge is -2.19. The molecule has 0 aliphatic heterocycles. The molecule has 14 nitrogen and oxygen atoms in total. The molecular formula is C21H25N2O12P. The van der Waals surface area contributed by atoms with Gasteiger partial charge in [0.05, 0.1) is 37.4 Å². The van der Waals surface area contributed by atoms with E-state index in [4.69, 9.17) is 14.2 Å². The highest BCUT2D eigenvalue weighted by molar-refractivity contribution is 7.48. The second-order valence-corrected chi connectivity index (χ2v) is 8.41. The van der Waals surface area contributed by atoms with Gasteiger partial charge < -0.3 is 29.2 Å². The molecule has 0 aliphatic rings. The SMILES string of the molecule is CCOP(=O)(O)OC(=O)[C@H](Cc1ccc(O)cc1)NC(=O)OCc1cc(OC)c(OC)cc1[N+](=O)[O-]. The maximum atomic E-state index is 12.5. The van der Waals surface area contributed by atoms with Crippen molar-refractivity contribution in [3.63, 3.8) is 0 Å². The highest BCUT2D eigenvalue weighted by Crippen LogP contribution is 2.43. The summed E-state index contributed by atoms with van der Waals surface area (Å²) in [7, 11) is -2.12. The minimum absolute atomic E-state index is 0.0262. The summed E-state index contributed by atoms with van der Waals surface area (Å²) >= 11 is 0. The van der Waals surface area contributed by atoms with Crippen molar-refractivity contribution in [1.82, 2.24) is 5.32 Å². The Kier molecular flexibility index (Phi) is 10.0. The molecule has 36 heavy (non-hydrogen) atoms. The number of amides is 1. The number of benzene rings is 2. The lowest BCUT2D eigenvalue weighted by molar-refractivity contribution is -0.385. The smallest absolute Gasteiger partial charge is 0.508 e. The number of nitro benzene ring substituents is 1. The number of phosphoric ester groups is 1. The van der Waals surface area contributed by atoms with Crippen molar-refractivity contribution in [1.29, 1.82) is 0 Å². The maximum Gasteiger partial charge on any atom is 0.529 e. The van der Waals surface area contributed by atoms with Crippen LogP contribution in [0.4, 0.5) is 10.5 Å². The van der Waals surface area contributed by atoms with E-state index in [0.717, 1.165) is 6.07 Å². The van der Waals surface area contributed by atoms with Gasteiger partial charge in [-0.25, -0.2) is 14.2 Å². The highest BCUT2D eigenvalue weighted by Gasteiger charge is 2.32. The molecule has 2 aromatic carbocycles. The number of ether oxygens (including phenoxy) is 3. The number of hydrogen-bond donors (Lipinski definition) is 3. The van der Waals surface area contributed by atoms with E-state index < -0.39 is 43.1 Å². The van der Waals surface area contributed by atoms with Gasteiger partial charge in [-0.1, -0.05) is 12.1 Å². The molecule has 2 atom stereocenters. The van der Waals surface area contributed by atoms with Crippen LogP contribution < -0.4 is 14.8 Å². The Labute approximate surface area is 205 Å². The third-order valence-electron chi connectivity index (χ3n) is 4.59. The Hall–Kier alpha value is -3.87. The number of carbonyl (C=O) groups excluding carboxylic acids is 2. The fraction of sp³-hybridized carbons (Fsp3) is 0.333. The molecule has 1 unspecified atom stereocenters. The average molecular weight is 528 g/mol. The Morgan fingerprint density at radius 3 is 2.31 bits per heavy atom. The van der Waals surface area contributed by atoms with Gasteiger partial charge in [0, 0.05) is 6.42 Å². The molecule has 0 bridgehead atoms. The summed E-state index contributed by atoms with van der Waals surface area (Å²) in [5, 5.41) is 23.1. The monoisotopic (exact) mass is 528 g/mol. The maximum absolute atomic E-state index is 12.5. The van der Waals surface area contributed by atoms with Crippen LogP contribution in [0.1, 0.15) is 18.1 Å². The van der Waals surface area contributed by atoms with E-state index in [-0.39, 0.29) is 35.8 Å². The van der Waals surface area contributed by atoms with Crippen molar-refractivity contribution in [3.05, 3.63) is 57.6 Å². The van der Waals surface area contributed by atoms with Gasteiger partial charge >= 0.3 is 19.9 Å². The summed E-state index contributed by atoms with van der Waals surface area (Å²) in [5.74, 6) is -1.09. The molecule has 1 amide bonds. The van der Waals surface area contributed by atoms with E-state index in [1.165, 1.54) is 51.5 Å². The summed E-state index contributed by atoms with van der Waals surface area (Å²) in [6.45, 7) is 0.609. The highest BCUT2D eigenvalue weighted by atomic mass is 31.2. The number of nitrogens with zero attached hydrogens (tertiary/aromatic N) is 1. The first-order valence-corrected chi connectivity index (χ1v) is 11.8. The topological polar surface area (TPSA) is 193 Å². The van der Waals surface area contributed by atoms with E-state index in [1.54, 1.807) is 0 Å². The van der Waals surface area contributed by atoms with Gasteiger partial charge in [-0.05, 0) is 30.7 Å². The number of phenolic OH excluding ortho intramolecular Hbond substituents is 1. The Morgan fingerprint density at radius 2 is 1.75 bits per heavy atom. The number of aromatic hydroxyl groups is 1. The van der Waals surface area contributed by atoms with E-state index in [2.05, 4.69) is 14.4 Å². The normalized spacial score (nSPS) is 13.1. The molecule has 0 saturated carbocycles. The summed E-state index contributed by atoms with van der Waals surface area (Å²) in [6, 6.07) is 6.44. The van der Waals surface area contributed by atoms with Crippen molar-refractivity contribution in [3.8, 4) is 17.2 Å². The summed E-state index contributed by atoms with van der Waals surface area (Å²) < 4.78 is 36.1. The van der Waals surface area contributed by atoms with Crippen LogP contribution in [-0.4, -0.2) is 53.9 Å². The lowest BCUT2D eigenvalue weighted by atomic mass is 10.1. The molecule has 0 aromatic heterocycles. The van der Waals surface area contributed by atoms with Crippen LogP contribution in [0.2, 0.25) is 0 Å². The molecule has 2 aromatic rings. The predicted molar refractivity (Wildman–Crippen MR) is 123 cm³/mol. The molecule has 2 rings (SSSR count). The molecule has 0 spiro atoms. The summed E-state index contributed by atoms with van der Waals surface area (Å²) in [5.41, 5.74) is 0.0230. The van der Waals surface area contributed by atoms with Gasteiger partial charge in [-0.2, -0.15) is 0 Å². The van der Waals surface area contributed by atoms with Crippen LogP contribution >= 0.6 is 7.82 Å². The standard InChI is InChI=1S/C21H25N2O12P/c1-4-34-36(29,30)35-20(25)16(9-13-5-7-15(24)8-6-13)22-21(26)33-12-14-10-18(31-2)19(32-3)11-17(14)23(27)28/h5-8,10-11,16,24H,4,9,12H2,1-3H3,(H,22,26)(H,29,30)/t16-/m0/s1. The molecule has 3 N–H and O–H groups in total. The van der Waals surface area contributed by atoms with Crippen molar-refractivity contribution in [2.24, 2.45) is 0 Å². The summed E-state index contributed by atoms with van der Waals surface area (Å²) in [6.07, 6.45) is -1.39. The quantitative estimate of drug-likeness (QED) is 0.207. The zero-order valence-corrected chi connectivity index (χ0v) is 20.4. The van der Waals surface area contributed by atoms with E-state index in [0.29, 0.717) is 5.56 Å². The minimum atomic E-state index is -4.74. The zero-order valence-electron chi connectivity index (χ0n) is 19.5. The van der Waals surface area contributed by atoms with Crippen LogP contribution in [0.15, 0.2) is 36.4 Å². The summed E-state index contributed by atoms with van der Waals surface area (Å²) in [4.78, 5) is 45.3. The van der Waals surface area contributed by atoms with Crippen LogP contribution in [0.3, 0.4) is 0 Å². The van der Waals surface area contributed by atoms with Gasteiger partial charge in [0.2, 0.25) is 0 Å². The van der Waals surface area contributed by atoms with E-state index in [9.17, 15) is 34.3 Å². The number of phosphoric acid groups is 1. The van der Waals surface area contributed by atoms with Gasteiger partial charge in [0.15, 0.2) is 11.5 Å². The first-order chi connectivity index (χ1) is 17.0. The Balaban J connectivity index is 2.20. The van der Waals surface area contributed by atoms with Crippen LogP contribution in [0, 0.1) is 10.1 Å². The minimum Gasteiger partial charge on any atom is -0.508 e. The molecule has 0 radical (unpaired) electrons. The lowest BCUT2D eigenvalue weighted by Crippen LogP contribution is -2.43. The van der Waals surface area contributed by atoms with Crippen molar-refractivity contribution < 1.29 is 52.3 Å². The Morgan fingerprint density at radius 1 is 1.14 bits per heavy atom. The number of methoxy groups -OCH3 is 2. The van der Waals surface area contributed by atoms with E-state index >= 15 is 0 Å². The first-order valence-electron chi connectivity index (χ1n) is 10.3. The molecule has 15 heteroatoms. The van der Waals surface area contributed by atoms with Gasteiger partial charge in [0.25, 0.3) is 5.69 Å². The molecule has 0 aliphatic carbocycles. The van der Waals surface area contributed by atoms with Gasteiger partial charge in [-0.3, -0.25) is 19.5 Å². The molecule has 0 saturated heterocycles. The largest absolute Gasteiger partial charge is 0.529 e. The predicted octanol–water partition coefficient (Wildman–Crippen LogP) is 2.84. The second-order valence-electron chi connectivity index (χ2n) is 7.03. The molecule has 0 heterocycles. The van der Waals surface area contributed by atoms with Crippen LogP contribution in [0.25, 0.3) is 0 Å². The fourth-order valence-corrected chi connectivity index (χ4v) is 3.68. The number of alkyl carbamates (subject to hydrolysis) is 1. The zero-order chi connectivity index (χ0) is 26.9. The van der Waals surface area contributed by atoms with Crippen molar-refractivity contribution >= 4 is 25.6 Å². The fourth-order valence-electron chi connectivity index (χ4n) is 2.95. The number of carbonyl (C=O) groups is 2. The average Bonchev–Trinajstić information content (AvgIpc) is 2.82. The third-order valence-corrected chi connectivity index (χ3v) is 5.59. The van der Waals surface area contributed by atoms with Crippen LogP contribution in [0.5, 0.6) is 17.2 Å². The second kappa shape index (κ2) is 12.7.